The van der Waals surface area contributed by atoms with Gasteiger partial charge in [0.1, 0.15) is 0 Å². The molecule has 0 aromatic carbocycles. The number of urea groups is 1. The molecule has 41 heavy (non-hydrogen) atoms. The van der Waals surface area contributed by atoms with Crippen LogP contribution in [0.4, 0.5) is 4.79 Å². The summed E-state index contributed by atoms with van der Waals surface area (Å²) in [7, 11) is -2.18. The Morgan fingerprint density at radius 2 is 1.66 bits per heavy atom. The van der Waals surface area contributed by atoms with Crippen molar-refractivity contribution in [1.82, 2.24) is 26.3 Å². The van der Waals surface area contributed by atoms with Gasteiger partial charge in [0, 0.05) is 48.4 Å². The predicted molar refractivity (Wildman–Crippen MR) is 152 cm³/mol. The molecule has 0 aromatic rings. The molecule has 3 rings (SSSR count). The lowest BCUT2D eigenvalue weighted by molar-refractivity contribution is -0.197. The van der Waals surface area contributed by atoms with Crippen molar-refractivity contribution in [3.63, 3.8) is 0 Å². The topological polar surface area (TPSA) is 217 Å². The lowest BCUT2D eigenvalue weighted by Gasteiger charge is -2.16. The number of nitrogens with one attached hydrogen (secondary N) is 4. The SMILES string of the molecule is O=C(CCCCC1SC[C@@H]2NC(=O)N[C@H]12)NCCNC(=O)CCSSCCC(=O)ON1C(=O)CC(S(=O)(=O)O)C1=O. The van der Waals surface area contributed by atoms with Crippen LogP contribution < -0.4 is 21.3 Å². The van der Waals surface area contributed by atoms with E-state index in [9.17, 15) is 37.2 Å². The monoisotopic (exact) mass is 655 g/mol. The van der Waals surface area contributed by atoms with E-state index < -0.39 is 39.6 Å². The van der Waals surface area contributed by atoms with Gasteiger partial charge in [-0.1, -0.05) is 28.0 Å². The minimum atomic E-state index is -4.78. The highest BCUT2D eigenvalue weighted by Crippen LogP contribution is 2.33. The molecule has 0 spiro atoms. The summed E-state index contributed by atoms with van der Waals surface area (Å²) in [6, 6.07) is 0.258. The number of carbonyl (C=O) groups is 6. The number of thioether (sulfide) groups is 1. The van der Waals surface area contributed by atoms with Gasteiger partial charge >= 0.3 is 12.0 Å². The first kappa shape index (κ1) is 33.3. The number of hydroxylamine groups is 2. The molecule has 0 aliphatic carbocycles. The molecule has 0 aromatic heterocycles. The third-order valence-electron chi connectivity index (χ3n) is 6.35. The number of hydrogen-bond donors (Lipinski definition) is 5. The fourth-order valence-electron chi connectivity index (χ4n) is 4.29. The first-order valence-corrected chi connectivity index (χ1v) is 18.0. The zero-order valence-corrected chi connectivity index (χ0v) is 25.3. The molecule has 5 N–H and O–H groups in total. The number of fused-ring (bicyclic) bond motifs is 1. The van der Waals surface area contributed by atoms with E-state index >= 15 is 0 Å². The average molecular weight is 656 g/mol. The molecule has 230 valence electrons. The molecule has 0 bridgehead atoms. The van der Waals surface area contributed by atoms with Crippen LogP contribution in [0.25, 0.3) is 0 Å². The van der Waals surface area contributed by atoms with Gasteiger partial charge in [0.15, 0.2) is 5.25 Å². The number of rotatable bonds is 17. The number of imide groups is 1. The van der Waals surface area contributed by atoms with Crippen molar-refractivity contribution in [1.29, 1.82) is 0 Å². The van der Waals surface area contributed by atoms with Crippen LogP contribution in [0.2, 0.25) is 0 Å². The van der Waals surface area contributed by atoms with E-state index in [1.54, 1.807) is 0 Å². The van der Waals surface area contributed by atoms with Gasteiger partial charge in [-0.3, -0.25) is 23.7 Å². The second kappa shape index (κ2) is 15.9. The molecule has 15 nitrogen and oxygen atoms in total. The lowest BCUT2D eigenvalue weighted by Crippen LogP contribution is -2.36. The molecule has 19 heteroatoms. The summed E-state index contributed by atoms with van der Waals surface area (Å²) in [5, 5.41) is 9.82. The molecular weight excluding hydrogens is 623 g/mol. The molecule has 0 radical (unpaired) electrons. The van der Waals surface area contributed by atoms with Crippen molar-refractivity contribution in [2.75, 3.05) is 30.3 Å². The van der Waals surface area contributed by atoms with Gasteiger partial charge < -0.3 is 26.1 Å². The van der Waals surface area contributed by atoms with Crippen molar-refractivity contribution < 1.29 is 46.6 Å². The van der Waals surface area contributed by atoms with Gasteiger partial charge in [-0.2, -0.15) is 20.2 Å². The first-order valence-electron chi connectivity index (χ1n) is 13.0. The van der Waals surface area contributed by atoms with E-state index in [-0.39, 0.29) is 53.6 Å². The van der Waals surface area contributed by atoms with Crippen LogP contribution in [0, 0.1) is 0 Å². The maximum atomic E-state index is 12.0. The smallest absolute Gasteiger partial charge is 0.334 e. The van der Waals surface area contributed by atoms with Gasteiger partial charge in [0.05, 0.1) is 24.9 Å². The summed E-state index contributed by atoms with van der Waals surface area (Å²) in [5.74, 6) is -1.91. The zero-order chi connectivity index (χ0) is 30.0. The molecular formula is C22H33N5O10S4. The Labute approximate surface area is 249 Å². The fourth-order valence-corrected chi connectivity index (χ4v) is 8.50. The quantitative estimate of drug-likeness (QED) is 0.0443. The van der Waals surface area contributed by atoms with Crippen molar-refractivity contribution in [2.24, 2.45) is 0 Å². The van der Waals surface area contributed by atoms with Crippen molar-refractivity contribution in [2.45, 2.75) is 67.5 Å². The molecule has 3 heterocycles. The highest BCUT2D eigenvalue weighted by molar-refractivity contribution is 8.76. The largest absolute Gasteiger partial charge is 0.354 e. The Bertz CT molecular complexity index is 1120. The summed E-state index contributed by atoms with van der Waals surface area (Å²) in [6.45, 7) is 0.622. The highest BCUT2D eigenvalue weighted by atomic mass is 33.1. The lowest BCUT2D eigenvalue weighted by atomic mass is 10.0. The molecule has 4 atom stereocenters. The van der Waals surface area contributed by atoms with E-state index in [1.807, 2.05) is 11.8 Å². The first-order chi connectivity index (χ1) is 19.5. The van der Waals surface area contributed by atoms with Crippen LogP contribution in [0.15, 0.2) is 0 Å². The third kappa shape index (κ3) is 10.5. The maximum Gasteiger partial charge on any atom is 0.334 e. The van der Waals surface area contributed by atoms with Gasteiger partial charge in [-0.15, -0.1) is 5.06 Å². The number of amides is 6. The average Bonchev–Trinajstić information content (AvgIpc) is 3.54. The summed E-state index contributed by atoms with van der Waals surface area (Å²) in [6.07, 6.45) is 2.25. The van der Waals surface area contributed by atoms with E-state index in [0.717, 1.165) is 25.0 Å². The number of unbranched alkanes of at least 4 members (excludes halogenated alkanes) is 1. The van der Waals surface area contributed by atoms with Crippen molar-refractivity contribution in [3.05, 3.63) is 0 Å². The normalized spacial score (nSPS) is 23.6. The van der Waals surface area contributed by atoms with Crippen LogP contribution in [-0.4, -0.2) is 107 Å². The van der Waals surface area contributed by atoms with Crippen LogP contribution in [0.5, 0.6) is 0 Å². The molecule has 3 aliphatic heterocycles. The maximum absolute atomic E-state index is 12.0. The van der Waals surface area contributed by atoms with E-state index in [0.29, 0.717) is 30.5 Å². The minimum Gasteiger partial charge on any atom is -0.354 e. The van der Waals surface area contributed by atoms with Crippen LogP contribution in [-0.2, 0) is 38.9 Å². The molecule has 3 fully saturated rings. The summed E-state index contributed by atoms with van der Waals surface area (Å²) in [4.78, 5) is 75.4. The van der Waals surface area contributed by atoms with E-state index in [1.165, 1.54) is 21.6 Å². The Morgan fingerprint density at radius 3 is 2.32 bits per heavy atom. The van der Waals surface area contributed by atoms with Crippen molar-refractivity contribution >= 4 is 79.1 Å². The third-order valence-corrected chi connectivity index (χ3v) is 11.4. The molecule has 6 amide bonds. The van der Waals surface area contributed by atoms with E-state index in [4.69, 9.17) is 4.55 Å². The van der Waals surface area contributed by atoms with Gasteiger partial charge in [0.2, 0.25) is 11.8 Å². The molecule has 3 aliphatic rings. The van der Waals surface area contributed by atoms with Gasteiger partial charge in [-0.25, -0.2) is 9.59 Å². The predicted octanol–water partition coefficient (Wildman–Crippen LogP) is -0.420. The van der Waals surface area contributed by atoms with E-state index in [2.05, 4.69) is 26.1 Å². The Morgan fingerprint density at radius 1 is 1.00 bits per heavy atom. The van der Waals surface area contributed by atoms with Gasteiger partial charge in [0.25, 0.3) is 21.9 Å². The summed E-state index contributed by atoms with van der Waals surface area (Å²) < 4.78 is 31.2. The fraction of sp³-hybridized carbons (Fsp3) is 0.727. The Kier molecular flexibility index (Phi) is 12.9. The highest BCUT2D eigenvalue weighted by Gasteiger charge is 2.48. The zero-order valence-electron chi connectivity index (χ0n) is 22.0. The van der Waals surface area contributed by atoms with Crippen LogP contribution in [0.1, 0.15) is 44.9 Å². The number of nitrogens with zero attached hydrogens (tertiary/aromatic N) is 1. The van der Waals surface area contributed by atoms with Gasteiger partial charge in [-0.05, 0) is 12.8 Å². The van der Waals surface area contributed by atoms with Crippen LogP contribution >= 0.6 is 33.3 Å². The second-order valence-electron chi connectivity index (χ2n) is 9.41. The molecule has 2 unspecified atom stereocenters. The number of carbonyl (C=O) groups excluding carboxylic acids is 6. The minimum absolute atomic E-state index is 0.0620. The Hall–Kier alpha value is -2.22. The summed E-state index contributed by atoms with van der Waals surface area (Å²) in [5.41, 5.74) is 0. The second-order valence-corrected chi connectivity index (χ2v) is 15.0. The molecule has 0 saturated carbocycles. The standard InChI is InChI=1S/C22H33N5O10S4/c28-16(4-2-1-3-14-20-13(12-38-14)25-22(33)26-20)23-7-8-24-17(29)5-9-39-40-10-6-19(31)37-27-18(30)11-15(21(27)32)41(34,35)36/h13-15,20H,1-12H2,(H,23,28)(H,24,29)(H2,25,26,33)(H,34,35,36)/t13-,14?,15?,20-/m0/s1. The Balaban J connectivity index is 1.13. The molecule has 3 saturated heterocycles. The summed E-state index contributed by atoms with van der Waals surface area (Å²) >= 11 is 1.85. The van der Waals surface area contributed by atoms with Crippen LogP contribution in [0.3, 0.4) is 0 Å². The van der Waals surface area contributed by atoms with Crippen molar-refractivity contribution in [3.8, 4) is 0 Å². The number of hydrogen-bond acceptors (Lipinski definition) is 12.